The number of halogens is 1. The third-order valence-electron chi connectivity index (χ3n) is 2.26. The number of hydrazone groups is 1. The largest absolute Gasteiger partial charge is 0.545 e. The van der Waals surface area contributed by atoms with Crippen molar-refractivity contribution in [1.29, 1.82) is 0 Å². The summed E-state index contributed by atoms with van der Waals surface area (Å²) in [6.45, 7) is 0. The number of carbonyl (C=O) groups is 1. The highest BCUT2D eigenvalue weighted by Gasteiger charge is 2.02. The summed E-state index contributed by atoms with van der Waals surface area (Å²) in [5.74, 6) is -1.33. The number of benzene rings is 1. The number of carboxylic acid groups (broad SMARTS) is 1. The molecule has 0 unspecified atom stereocenters. The molecular weight excluding hydrogens is 266 g/mol. The van der Waals surface area contributed by atoms with Gasteiger partial charge in [-0.2, -0.15) is 5.10 Å². The molecule has 0 saturated carbocycles. The van der Waals surface area contributed by atoms with Crippen molar-refractivity contribution in [2.24, 2.45) is 5.10 Å². The van der Waals surface area contributed by atoms with E-state index in [1.54, 1.807) is 24.4 Å². The molecule has 96 valence electrons. The van der Waals surface area contributed by atoms with Crippen molar-refractivity contribution < 1.29 is 9.90 Å². The number of aromatic nitrogens is 1. The first-order chi connectivity index (χ1) is 9.16. The molecule has 2 aromatic rings. The topological polar surface area (TPSA) is 77.4 Å². The lowest BCUT2D eigenvalue weighted by Crippen LogP contribution is -2.22. The van der Waals surface area contributed by atoms with Crippen LogP contribution >= 0.6 is 11.6 Å². The lowest BCUT2D eigenvalue weighted by atomic mass is 10.2. The van der Waals surface area contributed by atoms with Crippen LogP contribution in [0.15, 0.2) is 47.7 Å². The number of hydrogen-bond donors (Lipinski definition) is 1. The van der Waals surface area contributed by atoms with E-state index in [1.807, 2.05) is 6.07 Å². The van der Waals surface area contributed by atoms with Crippen molar-refractivity contribution in [3.05, 3.63) is 58.9 Å². The third-order valence-corrected chi connectivity index (χ3v) is 2.59. The van der Waals surface area contributed by atoms with Gasteiger partial charge in [-0.15, -0.1) is 0 Å². The third kappa shape index (κ3) is 3.53. The highest BCUT2D eigenvalue weighted by Crippen LogP contribution is 2.19. The van der Waals surface area contributed by atoms with Crippen LogP contribution in [0.1, 0.15) is 16.1 Å². The molecule has 0 saturated heterocycles. The minimum atomic E-state index is -1.33. The second-order valence-electron chi connectivity index (χ2n) is 3.61. The zero-order chi connectivity index (χ0) is 13.7. The predicted molar refractivity (Wildman–Crippen MR) is 71.2 cm³/mol. The molecule has 1 aromatic heterocycles. The van der Waals surface area contributed by atoms with Gasteiger partial charge in [0.1, 0.15) is 0 Å². The van der Waals surface area contributed by atoms with Gasteiger partial charge < -0.3 is 9.90 Å². The van der Waals surface area contributed by atoms with Crippen LogP contribution in [0.3, 0.4) is 0 Å². The molecule has 2 rings (SSSR count). The highest BCUT2D eigenvalue weighted by molar-refractivity contribution is 6.33. The Morgan fingerprint density at radius 1 is 1.37 bits per heavy atom. The van der Waals surface area contributed by atoms with Gasteiger partial charge in [-0.05, 0) is 30.3 Å². The quantitative estimate of drug-likeness (QED) is 0.678. The fourth-order valence-electron chi connectivity index (χ4n) is 1.38. The van der Waals surface area contributed by atoms with Gasteiger partial charge in [-0.3, -0.25) is 10.4 Å². The second kappa shape index (κ2) is 5.97. The minimum absolute atomic E-state index is 0.0836. The van der Waals surface area contributed by atoms with Crippen LogP contribution in [0.4, 0.5) is 5.69 Å². The fourth-order valence-corrected chi connectivity index (χ4v) is 1.57. The summed E-state index contributed by atoms with van der Waals surface area (Å²) in [6.07, 6.45) is 3.17. The van der Waals surface area contributed by atoms with Crippen molar-refractivity contribution in [2.75, 3.05) is 5.43 Å². The van der Waals surface area contributed by atoms with Gasteiger partial charge in [0.25, 0.3) is 0 Å². The Labute approximate surface area is 114 Å². The van der Waals surface area contributed by atoms with Crippen LogP contribution in [0, 0.1) is 0 Å². The van der Waals surface area contributed by atoms with Gasteiger partial charge in [0.2, 0.25) is 0 Å². The number of nitrogens with one attached hydrogen (secondary N) is 1. The summed E-state index contributed by atoms with van der Waals surface area (Å²) in [5.41, 5.74) is 3.79. The van der Waals surface area contributed by atoms with E-state index in [9.17, 15) is 9.90 Å². The Hall–Kier alpha value is -2.40. The number of nitrogens with zero attached hydrogens (tertiary/aromatic N) is 2. The zero-order valence-electron chi connectivity index (χ0n) is 9.71. The molecule has 6 heteroatoms. The first-order valence-electron chi connectivity index (χ1n) is 5.38. The Bertz CT molecular complexity index is 615. The smallest absolute Gasteiger partial charge is 0.0830 e. The Morgan fingerprint density at radius 3 is 2.89 bits per heavy atom. The molecule has 0 aliphatic carbocycles. The number of pyridine rings is 1. The maximum Gasteiger partial charge on any atom is 0.0830 e. The number of hydrogen-bond acceptors (Lipinski definition) is 5. The molecule has 5 nitrogen and oxygen atoms in total. The van der Waals surface area contributed by atoms with Crippen molar-refractivity contribution in [3.8, 4) is 0 Å². The van der Waals surface area contributed by atoms with E-state index in [2.05, 4.69) is 15.5 Å². The minimum Gasteiger partial charge on any atom is -0.545 e. The van der Waals surface area contributed by atoms with Gasteiger partial charge >= 0.3 is 0 Å². The van der Waals surface area contributed by atoms with E-state index in [4.69, 9.17) is 11.6 Å². The van der Waals surface area contributed by atoms with Crippen molar-refractivity contribution in [1.82, 2.24) is 4.98 Å². The van der Waals surface area contributed by atoms with Crippen molar-refractivity contribution >= 4 is 29.5 Å². The summed E-state index contributed by atoms with van der Waals surface area (Å²) in [5, 5.41) is 14.9. The van der Waals surface area contributed by atoms with E-state index < -0.39 is 5.97 Å². The van der Waals surface area contributed by atoms with E-state index in [0.29, 0.717) is 11.4 Å². The Morgan fingerprint density at radius 2 is 2.21 bits per heavy atom. The Kier molecular flexibility index (Phi) is 4.10. The first-order valence-corrected chi connectivity index (χ1v) is 5.75. The van der Waals surface area contributed by atoms with Gasteiger partial charge in [0.05, 0.1) is 23.6 Å². The molecule has 0 bridgehead atoms. The average molecular weight is 275 g/mol. The molecule has 0 amide bonds. The van der Waals surface area contributed by atoms with E-state index in [-0.39, 0.29) is 10.6 Å². The van der Waals surface area contributed by atoms with Gasteiger partial charge in [0.15, 0.2) is 0 Å². The van der Waals surface area contributed by atoms with Crippen LogP contribution in [-0.2, 0) is 0 Å². The molecule has 19 heavy (non-hydrogen) atoms. The van der Waals surface area contributed by atoms with E-state index in [0.717, 1.165) is 0 Å². The molecule has 0 atom stereocenters. The molecule has 0 aliphatic heterocycles. The SMILES string of the molecule is O=C([O-])c1cc(N/N=C\c2ccccn2)ccc1Cl. The van der Waals surface area contributed by atoms with Crippen LogP contribution in [0.2, 0.25) is 5.02 Å². The molecular formula is C13H9ClN3O2-. The maximum atomic E-state index is 10.8. The molecule has 1 heterocycles. The Balaban J connectivity index is 2.10. The molecule has 1 aromatic carbocycles. The zero-order valence-corrected chi connectivity index (χ0v) is 10.5. The molecule has 0 aliphatic rings. The standard InChI is InChI=1S/C13H10ClN3O2/c14-12-5-4-9(7-11(12)13(18)19)17-16-8-10-3-1-2-6-15-10/h1-8,17H,(H,18,19)/p-1/b16-8-. The number of aromatic carboxylic acids is 1. The van der Waals surface area contributed by atoms with Crippen LogP contribution < -0.4 is 10.5 Å². The molecule has 0 spiro atoms. The maximum absolute atomic E-state index is 10.8. The summed E-state index contributed by atoms with van der Waals surface area (Å²) in [6, 6.07) is 9.86. The highest BCUT2D eigenvalue weighted by atomic mass is 35.5. The normalized spacial score (nSPS) is 10.6. The summed E-state index contributed by atoms with van der Waals surface area (Å²) >= 11 is 5.72. The van der Waals surface area contributed by atoms with Gasteiger partial charge in [-0.25, -0.2) is 0 Å². The number of carbonyl (C=O) groups excluding carboxylic acids is 1. The number of carboxylic acids is 1. The monoisotopic (exact) mass is 274 g/mol. The van der Waals surface area contributed by atoms with E-state index >= 15 is 0 Å². The van der Waals surface area contributed by atoms with Crippen molar-refractivity contribution in [3.63, 3.8) is 0 Å². The van der Waals surface area contributed by atoms with Crippen molar-refractivity contribution in [2.45, 2.75) is 0 Å². The fraction of sp³-hybridized carbons (Fsp3) is 0. The predicted octanol–water partition coefficient (Wildman–Crippen LogP) is 1.54. The number of anilines is 1. The van der Waals surface area contributed by atoms with Gasteiger partial charge in [0, 0.05) is 16.8 Å². The summed E-state index contributed by atoms with van der Waals surface area (Å²) < 4.78 is 0. The van der Waals surface area contributed by atoms with Crippen LogP contribution in [0.25, 0.3) is 0 Å². The first kappa shape index (κ1) is 13.0. The molecule has 0 radical (unpaired) electrons. The number of rotatable bonds is 4. The lowest BCUT2D eigenvalue weighted by molar-refractivity contribution is -0.255. The van der Waals surface area contributed by atoms with Crippen LogP contribution in [0.5, 0.6) is 0 Å². The molecule has 1 N–H and O–H groups in total. The summed E-state index contributed by atoms with van der Waals surface area (Å²) in [7, 11) is 0. The van der Waals surface area contributed by atoms with Gasteiger partial charge in [-0.1, -0.05) is 17.7 Å². The summed E-state index contributed by atoms with van der Waals surface area (Å²) in [4.78, 5) is 14.9. The average Bonchev–Trinajstić information content (AvgIpc) is 2.41. The molecule has 0 fully saturated rings. The van der Waals surface area contributed by atoms with E-state index in [1.165, 1.54) is 18.3 Å². The van der Waals surface area contributed by atoms with Crippen LogP contribution in [-0.4, -0.2) is 17.2 Å². The second-order valence-corrected chi connectivity index (χ2v) is 4.01. The lowest BCUT2D eigenvalue weighted by Gasteiger charge is -2.07.